The van der Waals surface area contributed by atoms with Crippen molar-refractivity contribution < 1.29 is 9.31 Å². The number of halogens is 1. The predicted molar refractivity (Wildman–Crippen MR) is 78.7 cm³/mol. The Morgan fingerprint density at radius 2 is 2.24 bits per heavy atom. The molecular formula is C13H15FN4O2S. The quantitative estimate of drug-likeness (QED) is 0.654. The van der Waals surface area contributed by atoms with Gasteiger partial charge in [-0.15, -0.1) is 10.2 Å². The Labute approximate surface area is 125 Å². The van der Waals surface area contributed by atoms with Crippen molar-refractivity contribution in [3.8, 4) is 10.6 Å². The Kier molecular flexibility index (Phi) is 4.92. The lowest BCUT2D eigenvalue weighted by atomic mass is 10.2. The first-order valence-corrected chi connectivity index (χ1v) is 7.35. The predicted octanol–water partition coefficient (Wildman–Crippen LogP) is 3.31. The Morgan fingerprint density at radius 3 is 2.90 bits per heavy atom. The summed E-state index contributed by atoms with van der Waals surface area (Å²) in [6.07, 6.45) is 0.991. The van der Waals surface area contributed by atoms with Crippen LogP contribution in [0.2, 0.25) is 0 Å². The molecule has 0 radical (unpaired) electrons. The topological polar surface area (TPSA) is 81.0 Å². The van der Waals surface area contributed by atoms with E-state index in [-0.39, 0.29) is 17.3 Å². The van der Waals surface area contributed by atoms with E-state index in [1.165, 1.54) is 11.3 Å². The first kappa shape index (κ1) is 15.5. The second-order valence-corrected chi connectivity index (χ2v) is 5.55. The zero-order valence-corrected chi connectivity index (χ0v) is 12.5. The van der Waals surface area contributed by atoms with Crippen LogP contribution in [0.1, 0.15) is 31.3 Å². The number of hydrogen-bond acceptors (Lipinski definition) is 6. The van der Waals surface area contributed by atoms with Crippen molar-refractivity contribution in [1.29, 1.82) is 0 Å². The molecule has 0 amide bonds. The van der Waals surface area contributed by atoms with Crippen LogP contribution in [0, 0.1) is 15.9 Å². The molecule has 1 N–H and O–H groups in total. The molecule has 112 valence electrons. The van der Waals surface area contributed by atoms with Gasteiger partial charge in [0, 0.05) is 6.07 Å². The molecule has 8 heteroatoms. The normalized spacial score (nSPS) is 12.3. The molecular weight excluding hydrogens is 295 g/mol. The monoisotopic (exact) mass is 310 g/mol. The summed E-state index contributed by atoms with van der Waals surface area (Å²) in [5.74, 6) is -0.537. The van der Waals surface area contributed by atoms with Gasteiger partial charge in [-0.2, -0.15) is 0 Å². The molecule has 1 atom stereocenters. The highest BCUT2D eigenvalue weighted by atomic mass is 32.1. The fraction of sp³-hybridized carbons (Fsp3) is 0.385. The summed E-state index contributed by atoms with van der Waals surface area (Å²) in [6.45, 7) is 4.84. The maximum Gasteiger partial charge on any atom is 0.279 e. The molecule has 1 aromatic carbocycles. The number of nitro groups is 1. The van der Waals surface area contributed by atoms with E-state index in [2.05, 4.69) is 22.4 Å². The molecule has 1 unspecified atom stereocenters. The molecule has 0 saturated carbocycles. The minimum Gasteiger partial charge on any atom is -0.308 e. The van der Waals surface area contributed by atoms with E-state index in [0.29, 0.717) is 5.01 Å². The van der Waals surface area contributed by atoms with Gasteiger partial charge in [0.15, 0.2) is 5.01 Å². The van der Waals surface area contributed by atoms with Gasteiger partial charge in [-0.25, -0.2) is 4.39 Å². The maximum absolute atomic E-state index is 13.3. The molecule has 0 aliphatic rings. The minimum atomic E-state index is -0.547. The molecule has 0 bridgehead atoms. The number of rotatable bonds is 6. The van der Waals surface area contributed by atoms with Crippen LogP contribution in [0.5, 0.6) is 0 Å². The van der Waals surface area contributed by atoms with Gasteiger partial charge in [0.05, 0.1) is 16.5 Å². The van der Waals surface area contributed by atoms with Gasteiger partial charge < -0.3 is 5.32 Å². The average Bonchev–Trinajstić information content (AvgIpc) is 2.94. The van der Waals surface area contributed by atoms with Crippen LogP contribution in [0.15, 0.2) is 18.2 Å². The van der Waals surface area contributed by atoms with Crippen LogP contribution in [-0.2, 0) is 0 Å². The van der Waals surface area contributed by atoms with Crippen molar-refractivity contribution in [3.05, 3.63) is 39.1 Å². The third-order valence-electron chi connectivity index (χ3n) is 2.90. The molecule has 1 aromatic heterocycles. The lowest BCUT2D eigenvalue weighted by molar-refractivity contribution is -0.384. The Hall–Kier alpha value is -1.93. The number of nitro benzene ring substituents is 1. The van der Waals surface area contributed by atoms with Crippen molar-refractivity contribution in [2.24, 2.45) is 0 Å². The second-order valence-electron chi connectivity index (χ2n) is 4.54. The van der Waals surface area contributed by atoms with Crippen molar-refractivity contribution in [2.75, 3.05) is 6.54 Å². The molecule has 0 aliphatic carbocycles. The Bertz CT molecular complexity index is 647. The standard InChI is InChI=1S/C13H15FN4O2S/c1-3-6-15-8(2)12-16-17-13(21-12)10-7-9(14)4-5-11(10)18(19)20/h4-5,7-8,15H,3,6H2,1-2H3. The summed E-state index contributed by atoms with van der Waals surface area (Å²) < 4.78 is 13.3. The van der Waals surface area contributed by atoms with E-state index in [9.17, 15) is 14.5 Å². The van der Waals surface area contributed by atoms with Gasteiger partial charge in [-0.1, -0.05) is 18.3 Å². The maximum atomic E-state index is 13.3. The molecule has 21 heavy (non-hydrogen) atoms. The van der Waals surface area contributed by atoms with Crippen LogP contribution < -0.4 is 5.32 Å². The number of hydrogen-bond donors (Lipinski definition) is 1. The third-order valence-corrected chi connectivity index (χ3v) is 4.04. The first-order valence-electron chi connectivity index (χ1n) is 6.54. The summed E-state index contributed by atoms with van der Waals surface area (Å²) in [6, 6.07) is 3.33. The van der Waals surface area contributed by atoms with Gasteiger partial charge in [0.2, 0.25) is 0 Å². The van der Waals surface area contributed by atoms with Gasteiger partial charge in [-0.3, -0.25) is 10.1 Å². The van der Waals surface area contributed by atoms with E-state index in [0.717, 1.165) is 36.2 Å². The SMILES string of the molecule is CCCNC(C)c1nnc(-c2cc(F)ccc2[N+](=O)[O-])s1. The number of nitrogens with one attached hydrogen (secondary N) is 1. The fourth-order valence-corrected chi connectivity index (χ4v) is 2.70. The van der Waals surface area contributed by atoms with Crippen molar-refractivity contribution in [3.63, 3.8) is 0 Å². The molecule has 0 spiro atoms. The number of aromatic nitrogens is 2. The van der Waals surface area contributed by atoms with E-state index in [1.54, 1.807) is 0 Å². The van der Waals surface area contributed by atoms with Crippen LogP contribution >= 0.6 is 11.3 Å². The van der Waals surface area contributed by atoms with Gasteiger partial charge in [-0.05, 0) is 32.0 Å². The molecule has 0 aliphatic heterocycles. The largest absolute Gasteiger partial charge is 0.308 e. The zero-order chi connectivity index (χ0) is 15.4. The zero-order valence-electron chi connectivity index (χ0n) is 11.7. The molecule has 0 saturated heterocycles. The minimum absolute atomic E-state index is 0.00353. The average molecular weight is 310 g/mol. The number of benzene rings is 1. The summed E-state index contributed by atoms with van der Waals surface area (Å²) in [5.41, 5.74) is -0.0142. The molecule has 2 rings (SSSR count). The van der Waals surface area contributed by atoms with Gasteiger partial charge in [0.1, 0.15) is 10.8 Å². The number of nitrogens with zero attached hydrogens (tertiary/aromatic N) is 3. The van der Waals surface area contributed by atoms with E-state index in [1.807, 2.05) is 6.92 Å². The summed E-state index contributed by atoms with van der Waals surface area (Å²) in [7, 11) is 0. The van der Waals surface area contributed by atoms with Crippen LogP contribution in [0.4, 0.5) is 10.1 Å². The molecule has 2 aromatic rings. The van der Waals surface area contributed by atoms with Crippen LogP contribution in [0.3, 0.4) is 0 Å². The Balaban J connectivity index is 2.33. The van der Waals surface area contributed by atoms with Crippen LogP contribution in [-0.4, -0.2) is 21.7 Å². The summed E-state index contributed by atoms with van der Waals surface area (Å²) in [4.78, 5) is 10.5. The van der Waals surface area contributed by atoms with E-state index < -0.39 is 10.7 Å². The van der Waals surface area contributed by atoms with Crippen molar-refractivity contribution in [1.82, 2.24) is 15.5 Å². The second kappa shape index (κ2) is 6.68. The van der Waals surface area contributed by atoms with E-state index in [4.69, 9.17) is 0 Å². The van der Waals surface area contributed by atoms with Crippen molar-refractivity contribution in [2.45, 2.75) is 26.3 Å². The van der Waals surface area contributed by atoms with E-state index >= 15 is 0 Å². The third kappa shape index (κ3) is 3.59. The molecule has 6 nitrogen and oxygen atoms in total. The molecule has 0 fully saturated rings. The summed E-state index contributed by atoms with van der Waals surface area (Å²) >= 11 is 1.23. The van der Waals surface area contributed by atoms with Crippen molar-refractivity contribution >= 4 is 17.0 Å². The lowest BCUT2D eigenvalue weighted by Gasteiger charge is -2.08. The smallest absolute Gasteiger partial charge is 0.279 e. The highest BCUT2D eigenvalue weighted by Crippen LogP contribution is 2.33. The van der Waals surface area contributed by atoms with Gasteiger partial charge >= 0.3 is 0 Å². The Morgan fingerprint density at radius 1 is 1.48 bits per heavy atom. The molecule has 1 heterocycles. The lowest BCUT2D eigenvalue weighted by Crippen LogP contribution is -2.18. The highest BCUT2D eigenvalue weighted by molar-refractivity contribution is 7.14. The highest BCUT2D eigenvalue weighted by Gasteiger charge is 2.21. The first-order chi connectivity index (χ1) is 10.0. The fourth-order valence-electron chi connectivity index (χ4n) is 1.81. The summed E-state index contributed by atoms with van der Waals surface area (Å²) in [5, 5.41) is 23.3. The van der Waals surface area contributed by atoms with Crippen LogP contribution in [0.25, 0.3) is 10.6 Å². The van der Waals surface area contributed by atoms with Gasteiger partial charge in [0.25, 0.3) is 5.69 Å².